The molecular weight excluding hydrogens is 120 g/mol. The van der Waals surface area contributed by atoms with Crippen molar-refractivity contribution in [3.63, 3.8) is 0 Å². The third-order valence-electron chi connectivity index (χ3n) is 0.897. The number of aromatic amines is 1. The van der Waals surface area contributed by atoms with Crippen LogP contribution in [0.2, 0.25) is 0 Å². The predicted octanol–water partition coefficient (Wildman–Crippen LogP) is 0.283. The molecule has 1 rings (SSSR count). The van der Waals surface area contributed by atoms with Gasteiger partial charge in [-0.2, -0.15) is 0 Å². The molecule has 0 amide bonds. The van der Waals surface area contributed by atoms with Crippen molar-refractivity contribution in [2.45, 2.75) is 6.42 Å². The molecule has 1 heterocycles. The van der Waals surface area contributed by atoms with Gasteiger partial charge in [-0.05, 0) is 0 Å². The second kappa shape index (κ2) is 2.30. The molecule has 2 N–H and O–H groups in total. The second-order valence-corrected chi connectivity index (χ2v) is 1.65. The van der Waals surface area contributed by atoms with Crippen LogP contribution in [0.4, 0.5) is 0 Å². The van der Waals surface area contributed by atoms with Crippen LogP contribution in [0.15, 0.2) is 12.5 Å². The molecular formula is C5H8N2O2. The Hall–Kier alpha value is -1.32. The maximum Gasteiger partial charge on any atom is 0.309 e. The van der Waals surface area contributed by atoms with Crippen molar-refractivity contribution in [3.8, 4) is 0 Å². The number of nitrogens with zero attached hydrogens (tertiary/aromatic N) is 1. The van der Waals surface area contributed by atoms with Gasteiger partial charge in [0, 0.05) is 13.3 Å². The fraction of sp³-hybridized carbons (Fsp3) is 0.200. The Morgan fingerprint density at radius 3 is 3.22 bits per heavy atom. The summed E-state index contributed by atoms with van der Waals surface area (Å²) in [7, 11) is 0. The van der Waals surface area contributed by atoms with E-state index in [-0.39, 0.29) is 7.85 Å². The van der Waals surface area contributed by atoms with Crippen molar-refractivity contribution >= 4 is 5.97 Å². The van der Waals surface area contributed by atoms with Crippen molar-refractivity contribution in [1.29, 1.82) is 0 Å². The Labute approximate surface area is 53.0 Å². The van der Waals surface area contributed by atoms with Crippen molar-refractivity contribution < 1.29 is 11.3 Å². The summed E-state index contributed by atoms with van der Waals surface area (Å²) in [4.78, 5) is 16.4. The third kappa shape index (κ3) is 1.56. The summed E-state index contributed by atoms with van der Waals surface area (Å²) in [5.41, 5.74) is 0.627. The van der Waals surface area contributed by atoms with E-state index in [1.54, 1.807) is 0 Å². The van der Waals surface area contributed by atoms with Gasteiger partial charge in [-0.15, -0.1) is 0 Å². The van der Waals surface area contributed by atoms with E-state index in [1.165, 1.54) is 12.5 Å². The van der Waals surface area contributed by atoms with Crippen LogP contribution in [0.5, 0.6) is 0 Å². The van der Waals surface area contributed by atoms with E-state index in [1.807, 2.05) is 0 Å². The van der Waals surface area contributed by atoms with Gasteiger partial charge >= 0.3 is 5.97 Å². The average Bonchev–Trinajstić information content (AvgIpc) is 2.15. The van der Waals surface area contributed by atoms with Gasteiger partial charge in [-0.25, -0.2) is 4.98 Å². The lowest BCUT2D eigenvalue weighted by atomic mass is 10.3. The predicted molar refractivity (Wildman–Crippen MR) is 32.0 cm³/mol. The lowest BCUT2D eigenvalue weighted by Gasteiger charge is -1.85. The van der Waals surface area contributed by atoms with Gasteiger partial charge < -0.3 is 10.1 Å². The van der Waals surface area contributed by atoms with Crippen molar-refractivity contribution in [3.05, 3.63) is 18.2 Å². The number of carboxylic acid groups (broad SMARTS) is 1. The van der Waals surface area contributed by atoms with Crippen LogP contribution >= 0.6 is 0 Å². The van der Waals surface area contributed by atoms with Gasteiger partial charge in [0.2, 0.25) is 0 Å². The molecule has 0 aliphatic heterocycles. The molecule has 0 saturated heterocycles. The Morgan fingerprint density at radius 1 is 2.00 bits per heavy atom. The highest BCUT2D eigenvalue weighted by Gasteiger charge is 1.98. The van der Waals surface area contributed by atoms with Gasteiger partial charge in [-0.3, -0.25) is 4.79 Å². The molecule has 0 fully saturated rings. The van der Waals surface area contributed by atoms with Crippen molar-refractivity contribution in [2.75, 3.05) is 0 Å². The zero-order valence-corrected chi connectivity index (χ0v) is 4.66. The summed E-state index contributed by atoms with van der Waals surface area (Å²) in [5.74, 6) is -0.848. The lowest BCUT2D eigenvalue weighted by Crippen LogP contribution is -1.99. The molecule has 0 aliphatic rings. The molecule has 0 atom stereocenters. The number of carboxylic acids is 1. The van der Waals surface area contributed by atoms with Crippen LogP contribution in [0.25, 0.3) is 0 Å². The fourth-order valence-corrected chi connectivity index (χ4v) is 0.544. The summed E-state index contributed by atoms with van der Waals surface area (Å²) in [6.45, 7) is 0. The molecule has 0 radical (unpaired) electrons. The van der Waals surface area contributed by atoms with Crippen LogP contribution in [-0.2, 0) is 11.2 Å². The Bertz CT molecular complexity index is 197. The molecule has 0 aliphatic carbocycles. The molecule has 9 heavy (non-hydrogen) atoms. The maximum atomic E-state index is 10.0. The van der Waals surface area contributed by atoms with Crippen LogP contribution in [0.3, 0.4) is 0 Å². The minimum atomic E-state index is -0.848. The number of carbonyl (C=O) groups is 1. The number of hydrogen-bond acceptors (Lipinski definition) is 2. The third-order valence-corrected chi connectivity index (χ3v) is 0.897. The number of rotatable bonds is 2. The Balaban J connectivity index is 0.000000810. The second-order valence-electron chi connectivity index (χ2n) is 1.65. The summed E-state index contributed by atoms with van der Waals surface area (Å²) in [6.07, 6.45) is 2.96. The van der Waals surface area contributed by atoms with Crippen LogP contribution < -0.4 is 0 Å². The standard InChI is InChI=1S/C5H6N2O2.H2/c8-5(9)1-4-2-6-3-7-4;/h2-3H,1H2,(H,6,7)(H,8,9);1H. The number of aliphatic carboxylic acids is 1. The van der Waals surface area contributed by atoms with E-state index in [4.69, 9.17) is 5.11 Å². The summed E-state index contributed by atoms with van der Waals surface area (Å²) in [6, 6.07) is 0. The van der Waals surface area contributed by atoms with Gasteiger partial charge in [0.05, 0.1) is 12.7 Å². The first-order valence-electron chi connectivity index (χ1n) is 2.48. The fourth-order valence-electron chi connectivity index (χ4n) is 0.544. The van der Waals surface area contributed by atoms with Crippen molar-refractivity contribution in [2.24, 2.45) is 0 Å². The van der Waals surface area contributed by atoms with E-state index < -0.39 is 5.97 Å². The Morgan fingerprint density at radius 2 is 2.78 bits per heavy atom. The van der Waals surface area contributed by atoms with E-state index in [9.17, 15) is 4.79 Å². The van der Waals surface area contributed by atoms with Crippen LogP contribution in [0.1, 0.15) is 7.12 Å². The van der Waals surface area contributed by atoms with E-state index in [2.05, 4.69) is 9.97 Å². The zero-order chi connectivity index (χ0) is 6.69. The number of aromatic nitrogens is 2. The smallest absolute Gasteiger partial charge is 0.309 e. The normalized spacial score (nSPS) is 9.33. The molecule has 1 aromatic heterocycles. The number of nitrogens with one attached hydrogen (secondary N) is 1. The van der Waals surface area contributed by atoms with Crippen molar-refractivity contribution in [1.82, 2.24) is 9.97 Å². The van der Waals surface area contributed by atoms with Gasteiger partial charge in [0.25, 0.3) is 0 Å². The number of imidazole rings is 1. The Kier molecular flexibility index (Phi) is 1.48. The highest BCUT2D eigenvalue weighted by atomic mass is 16.4. The monoisotopic (exact) mass is 128 g/mol. The van der Waals surface area contributed by atoms with E-state index in [0.717, 1.165) is 0 Å². The first-order chi connectivity index (χ1) is 4.29. The number of H-pyrrole nitrogens is 1. The zero-order valence-electron chi connectivity index (χ0n) is 4.66. The molecule has 0 saturated carbocycles. The minimum absolute atomic E-state index is 0. The van der Waals surface area contributed by atoms with Gasteiger partial charge in [0.15, 0.2) is 0 Å². The maximum absolute atomic E-state index is 10.0. The highest BCUT2D eigenvalue weighted by Crippen LogP contribution is 1.90. The largest absolute Gasteiger partial charge is 0.481 e. The molecule has 0 unspecified atom stereocenters. The molecule has 50 valence electrons. The summed E-state index contributed by atoms with van der Waals surface area (Å²) < 4.78 is 0. The minimum Gasteiger partial charge on any atom is -0.481 e. The number of hydrogen-bond donors (Lipinski definition) is 2. The molecule has 1 aromatic rings. The van der Waals surface area contributed by atoms with Gasteiger partial charge in [-0.1, -0.05) is 0 Å². The molecule has 0 spiro atoms. The molecule has 0 bridgehead atoms. The molecule has 4 nitrogen and oxygen atoms in total. The SMILES string of the molecule is O=C(O)Cc1cnc[nH]1.[HH]. The van der Waals surface area contributed by atoms with E-state index >= 15 is 0 Å². The first kappa shape index (κ1) is 5.81. The quantitative estimate of drug-likeness (QED) is 0.601. The van der Waals surface area contributed by atoms with Crippen LogP contribution in [0, 0.1) is 0 Å². The topological polar surface area (TPSA) is 66.0 Å². The molecule has 4 heteroatoms. The van der Waals surface area contributed by atoms with E-state index in [0.29, 0.717) is 5.69 Å². The lowest BCUT2D eigenvalue weighted by molar-refractivity contribution is -0.136. The summed E-state index contributed by atoms with van der Waals surface area (Å²) in [5, 5.41) is 8.24. The molecule has 0 aromatic carbocycles. The van der Waals surface area contributed by atoms with Gasteiger partial charge in [0.1, 0.15) is 0 Å². The first-order valence-corrected chi connectivity index (χ1v) is 2.48. The summed E-state index contributed by atoms with van der Waals surface area (Å²) >= 11 is 0. The highest BCUT2D eigenvalue weighted by molar-refractivity contribution is 5.69. The average molecular weight is 128 g/mol. The van der Waals surface area contributed by atoms with Crippen LogP contribution in [-0.4, -0.2) is 21.0 Å².